The summed E-state index contributed by atoms with van der Waals surface area (Å²) in [4.78, 5) is 13.6. The quantitative estimate of drug-likeness (QED) is 0.441. The van der Waals surface area contributed by atoms with Gasteiger partial charge < -0.3 is 4.90 Å². The second-order valence-electron chi connectivity index (χ2n) is 5.84. The molecular weight excluding hydrogens is 374 g/mol. The van der Waals surface area contributed by atoms with Gasteiger partial charge in [-0.15, -0.1) is 11.8 Å². The predicted molar refractivity (Wildman–Crippen MR) is 102 cm³/mol. The molecule has 9 heteroatoms. The summed E-state index contributed by atoms with van der Waals surface area (Å²) in [6.45, 7) is 1.96. The molecule has 138 valence electrons. The van der Waals surface area contributed by atoms with Crippen LogP contribution in [0.1, 0.15) is 0 Å². The first-order valence-electron chi connectivity index (χ1n) is 8.05. The Morgan fingerprint density at radius 2 is 1.54 bits per heavy atom. The van der Waals surface area contributed by atoms with Crippen LogP contribution in [0.15, 0.2) is 58.3 Å². The molecule has 2 aromatic rings. The van der Waals surface area contributed by atoms with Gasteiger partial charge in [0.25, 0.3) is 5.69 Å². The SMILES string of the molecule is CSc1ccc(N2CCN(S(=O)(=O)c3ccc([N+](=O)[O-])cc3)CC2)cc1. The molecule has 0 aromatic heterocycles. The third-order valence-corrected chi connectivity index (χ3v) is 7.02. The topological polar surface area (TPSA) is 83.8 Å². The molecule has 0 saturated carbocycles. The number of hydrogen-bond acceptors (Lipinski definition) is 6. The highest BCUT2D eigenvalue weighted by molar-refractivity contribution is 7.98. The summed E-state index contributed by atoms with van der Waals surface area (Å²) < 4.78 is 26.9. The number of non-ortho nitro benzene ring substituents is 1. The van der Waals surface area contributed by atoms with Crippen LogP contribution in [0.5, 0.6) is 0 Å². The van der Waals surface area contributed by atoms with E-state index in [-0.39, 0.29) is 10.6 Å². The van der Waals surface area contributed by atoms with Crippen molar-refractivity contribution in [3.8, 4) is 0 Å². The van der Waals surface area contributed by atoms with E-state index < -0.39 is 14.9 Å². The number of anilines is 1. The molecule has 0 radical (unpaired) electrons. The Balaban J connectivity index is 1.68. The van der Waals surface area contributed by atoms with Gasteiger partial charge >= 0.3 is 0 Å². The van der Waals surface area contributed by atoms with Gasteiger partial charge in [0.2, 0.25) is 10.0 Å². The lowest BCUT2D eigenvalue weighted by Gasteiger charge is -2.35. The van der Waals surface area contributed by atoms with Crippen LogP contribution in [0.4, 0.5) is 11.4 Å². The highest BCUT2D eigenvalue weighted by atomic mass is 32.2. The number of nitrogens with zero attached hydrogens (tertiary/aromatic N) is 3. The van der Waals surface area contributed by atoms with E-state index in [1.54, 1.807) is 11.8 Å². The third kappa shape index (κ3) is 3.84. The first-order chi connectivity index (χ1) is 12.4. The van der Waals surface area contributed by atoms with E-state index in [0.29, 0.717) is 26.2 Å². The maximum Gasteiger partial charge on any atom is 0.269 e. The number of benzene rings is 2. The van der Waals surface area contributed by atoms with Crippen LogP contribution in [0, 0.1) is 10.1 Å². The van der Waals surface area contributed by atoms with Crippen LogP contribution in [-0.4, -0.2) is 50.1 Å². The van der Waals surface area contributed by atoms with Gasteiger partial charge in [0.05, 0.1) is 9.82 Å². The largest absolute Gasteiger partial charge is 0.369 e. The van der Waals surface area contributed by atoms with Gasteiger partial charge in [-0.05, 0) is 42.7 Å². The van der Waals surface area contributed by atoms with Crippen molar-refractivity contribution in [1.82, 2.24) is 4.31 Å². The van der Waals surface area contributed by atoms with Crippen molar-refractivity contribution in [3.05, 3.63) is 58.6 Å². The van der Waals surface area contributed by atoms with Gasteiger partial charge in [0, 0.05) is 48.9 Å². The van der Waals surface area contributed by atoms with Crippen molar-refractivity contribution in [1.29, 1.82) is 0 Å². The fourth-order valence-corrected chi connectivity index (χ4v) is 4.70. The Labute approximate surface area is 156 Å². The second-order valence-corrected chi connectivity index (χ2v) is 8.66. The van der Waals surface area contributed by atoms with Crippen molar-refractivity contribution in [2.24, 2.45) is 0 Å². The molecule has 0 unspecified atom stereocenters. The van der Waals surface area contributed by atoms with Crippen LogP contribution < -0.4 is 4.90 Å². The number of nitro groups is 1. The average Bonchev–Trinajstić information content (AvgIpc) is 2.68. The molecule has 1 aliphatic rings. The lowest BCUT2D eigenvalue weighted by molar-refractivity contribution is -0.384. The monoisotopic (exact) mass is 393 g/mol. The fourth-order valence-electron chi connectivity index (χ4n) is 2.87. The standard InChI is InChI=1S/C17H19N3O4S2/c1-25-16-6-2-14(3-7-16)18-10-12-19(13-11-18)26(23,24)17-8-4-15(5-9-17)20(21)22/h2-9H,10-13H2,1H3. The van der Waals surface area contributed by atoms with E-state index in [1.807, 2.05) is 18.4 Å². The zero-order valence-electron chi connectivity index (χ0n) is 14.2. The number of rotatable bonds is 5. The molecule has 0 aliphatic carbocycles. The zero-order chi connectivity index (χ0) is 18.7. The van der Waals surface area contributed by atoms with Crippen molar-refractivity contribution in [2.75, 3.05) is 37.3 Å². The van der Waals surface area contributed by atoms with Crippen LogP contribution in [-0.2, 0) is 10.0 Å². The number of sulfonamides is 1. The third-order valence-electron chi connectivity index (χ3n) is 4.36. The van der Waals surface area contributed by atoms with Gasteiger partial charge in [-0.1, -0.05) is 0 Å². The second kappa shape index (κ2) is 7.65. The van der Waals surface area contributed by atoms with E-state index in [4.69, 9.17) is 0 Å². The van der Waals surface area contributed by atoms with E-state index >= 15 is 0 Å². The number of thioether (sulfide) groups is 1. The minimum atomic E-state index is -3.64. The van der Waals surface area contributed by atoms with Crippen molar-refractivity contribution >= 4 is 33.2 Å². The van der Waals surface area contributed by atoms with Crippen LogP contribution in [0.2, 0.25) is 0 Å². The van der Waals surface area contributed by atoms with Gasteiger partial charge in [0.1, 0.15) is 0 Å². The van der Waals surface area contributed by atoms with E-state index in [2.05, 4.69) is 17.0 Å². The lowest BCUT2D eigenvalue weighted by Crippen LogP contribution is -2.48. The Kier molecular flexibility index (Phi) is 5.49. The van der Waals surface area contributed by atoms with Gasteiger partial charge in [-0.3, -0.25) is 10.1 Å². The average molecular weight is 393 g/mol. The van der Waals surface area contributed by atoms with Gasteiger partial charge in [-0.25, -0.2) is 8.42 Å². The normalized spacial score (nSPS) is 15.8. The fraction of sp³-hybridized carbons (Fsp3) is 0.294. The molecule has 26 heavy (non-hydrogen) atoms. The lowest BCUT2D eigenvalue weighted by atomic mass is 10.2. The molecule has 3 rings (SSSR count). The Morgan fingerprint density at radius 1 is 0.962 bits per heavy atom. The smallest absolute Gasteiger partial charge is 0.269 e. The minimum absolute atomic E-state index is 0.0841. The van der Waals surface area contributed by atoms with Crippen LogP contribution in [0.3, 0.4) is 0 Å². The van der Waals surface area contributed by atoms with E-state index in [1.165, 1.54) is 33.5 Å². The van der Waals surface area contributed by atoms with Crippen molar-refractivity contribution in [2.45, 2.75) is 9.79 Å². The predicted octanol–water partition coefficient (Wildman–Crippen LogP) is 2.83. The molecule has 2 aromatic carbocycles. The molecule has 0 N–H and O–H groups in total. The summed E-state index contributed by atoms with van der Waals surface area (Å²) >= 11 is 1.68. The van der Waals surface area contributed by atoms with Gasteiger partial charge in [0.15, 0.2) is 0 Å². The molecule has 1 aliphatic heterocycles. The molecule has 0 bridgehead atoms. The first-order valence-corrected chi connectivity index (χ1v) is 10.7. The van der Waals surface area contributed by atoms with E-state index in [9.17, 15) is 18.5 Å². The molecular formula is C17H19N3O4S2. The molecule has 1 saturated heterocycles. The summed E-state index contributed by atoms with van der Waals surface area (Å²) in [5.41, 5.74) is 0.956. The van der Waals surface area contributed by atoms with Crippen molar-refractivity contribution in [3.63, 3.8) is 0 Å². The molecule has 0 spiro atoms. The van der Waals surface area contributed by atoms with Crippen LogP contribution in [0.25, 0.3) is 0 Å². The van der Waals surface area contributed by atoms with Crippen LogP contribution >= 0.6 is 11.8 Å². The first kappa shape index (κ1) is 18.7. The zero-order valence-corrected chi connectivity index (χ0v) is 15.9. The summed E-state index contributed by atoms with van der Waals surface area (Å²) in [5.74, 6) is 0. The highest BCUT2D eigenvalue weighted by Crippen LogP contribution is 2.24. The summed E-state index contributed by atoms with van der Waals surface area (Å²) in [5, 5.41) is 10.7. The Morgan fingerprint density at radius 3 is 2.04 bits per heavy atom. The summed E-state index contributed by atoms with van der Waals surface area (Å²) in [6, 6.07) is 13.2. The Hall–Kier alpha value is -2.10. The maximum absolute atomic E-state index is 12.7. The summed E-state index contributed by atoms with van der Waals surface area (Å²) in [6.07, 6.45) is 2.02. The Bertz CT molecular complexity index is 875. The number of hydrogen-bond donors (Lipinski definition) is 0. The number of piperazine rings is 1. The van der Waals surface area contributed by atoms with E-state index in [0.717, 1.165) is 5.69 Å². The molecule has 0 atom stereocenters. The minimum Gasteiger partial charge on any atom is -0.369 e. The molecule has 0 amide bonds. The van der Waals surface area contributed by atoms with Crippen molar-refractivity contribution < 1.29 is 13.3 Å². The summed E-state index contributed by atoms with van der Waals surface area (Å²) in [7, 11) is -3.64. The molecule has 1 fully saturated rings. The highest BCUT2D eigenvalue weighted by Gasteiger charge is 2.28. The number of nitro benzene ring substituents is 1. The van der Waals surface area contributed by atoms with Gasteiger partial charge in [-0.2, -0.15) is 4.31 Å². The maximum atomic E-state index is 12.7. The molecule has 1 heterocycles. The molecule has 7 nitrogen and oxygen atoms in total.